The number of anilines is 1. The Morgan fingerprint density at radius 2 is 1.75 bits per heavy atom. The zero-order valence-electron chi connectivity index (χ0n) is 8.91. The van der Waals surface area contributed by atoms with Gasteiger partial charge >= 0.3 is 0 Å². The molecule has 2 aromatic rings. The molecule has 0 unspecified atom stereocenters. The molecule has 0 aliphatic heterocycles. The van der Waals surface area contributed by atoms with Gasteiger partial charge in [-0.25, -0.2) is 0 Å². The summed E-state index contributed by atoms with van der Waals surface area (Å²) in [7, 11) is 1.65. The molecule has 0 heterocycles. The van der Waals surface area contributed by atoms with Crippen LogP contribution < -0.4 is 10.5 Å². The summed E-state index contributed by atoms with van der Waals surface area (Å²) in [6, 6.07) is 13.7. The maximum absolute atomic E-state index is 5.95. The van der Waals surface area contributed by atoms with Crippen LogP contribution in [0.5, 0.6) is 5.75 Å². The van der Waals surface area contributed by atoms with E-state index in [-0.39, 0.29) is 0 Å². The second kappa shape index (κ2) is 4.58. The largest absolute Gasteiger partial charge is 0.497 e. The van der Waals surface area contributed by atoms with Crippen molar-refractivity contribution in [3.63, 3.8) is 0 Å². The molecule has 0 bridgehead atoms. The number of hydrogen-bond donors (Lipinski definition) is 1. The van der Waals surface area contributed by atoms with Crippen LogP contribution in [-0.4, -0.2) is 7.11 Å². The Morgan fingerprint density at radius 1 is 1.06 bits per heavy atom. The quantitative estimate of drug-likeness (QED) is 0.850. The molecule has 0 aliphatic carbocycles. The fourth-order valence-corrected chi connectivity index (χ4v) is 1.81. The summed E-state index contributed by atoms with van der Waals surface area (Å²) >= 11 is 3.41. The summed E-state index contributed by atoms with van der Waals surface area (Å²) in [4.78, 5) is 0. The van der Waals surface area contributed by atoms with Crippen LogP contribution in [0.15, 0.2) is 46.9 Å². The minimum atomic E-state index is 0.753. The first kappa shape index (κ1) is 11.0. The van der Waals surface area contributed by atoms with Crippen molar-refractivity contribution in [1.29, 1.82) is 0 Å². The van der Waals surface area contributed by atoms with E-state index in [0.717, 1.165) is 27.0 Å². The first-order chi connectivity index (χ1) is 7.70. The summed E-state index contributed by atoms with van der Waals surface area (Å²) in [6.45, 7) is 0. The van der Waals surface area contributed by atoms with E-state index in [9.17, 15) is 0 Å². The molecule has 0 spiro atoms. The molecule has 16 heavy (non-hydrogen) atoms. The first-order valence-corrected chi connectivity index (χ1v) is 5.69. The minimum Gasteiger partial charge on any atom is -0.497 e. The van der Waals surface area contributed by atoms with Gasteiger partial charge in [0.2, 0.25) is 0 Å². The van der Waals surface area contributed by atoms with Crippen molar-refractivity contribution in [3.05, 3.63) is 46.9 Å². The lowest BCUT2D eigenvalue weighted by Gasteiger charge is -2.08. The zero-order chi connectivity index (χ0) is 11.5. The molecule has 82 valence electrons. The van der Waals surface area contributed by atoms with Crippen molar-refractivity contribution in [1.82, 2.24) is 0 Å². The third-order valence-electron chi connectivity index (χ3n) is 2.42. The lowest BCUT2D eigenvalue weighted by molar-refractivity contribution is 0.415. The number of nitrogens with two attached hydrogens (primary N) is 1. The Balaban J connectivity index is 2.50. The highest BCUT2D eigenvalue weighted by Gasteiger charge is 2.04. The van der Waals surface area contributed by atoms with Crippen LogP contribution >= 0.6 is 15.9 Å². The van der Waals surface area contributed by atoms with Gasteiger partial charge in [-0.15, -0.1) is 0 Å². The Morgan fingerprint density at radius 3 is 2.38 bits per heavy atom. The molecule has 0 aromatic heterocycles. The summed E-state index contributed by atoms with van der Waals surface area (Å²) < 4.78 is 6.24. The Hall–Kier alpha value is -1.48. The minimum absolute atomic E-state index is 0.753. The van der Waals surface area contributed by atoms with Gasteiger partial charge in [-0.05, 0) is 35.9 Å². The standard InChI is InChI=1S/C13H12BrNO/c1-16-11-6-7-13(15)12(8-11)9-2-4-10(14)5-3-9/h2-8H,15H2,1H3. The van der Waals surface area contributed by atoms with Gasteiger partial charge in [0.25, 0.3) is 0 Å². The molecule has 0 saturated heterocycles. The van der Waals surface area contributed by atoms with Crippen molar-refractivity contribution in [2.45, 2.75) is 0 Å². The van der Waals surface area contributed by atoms with E-state index in [1.54, 1.807) is 7.11 Å². The van der Waals surface area contributed by atoms with Crippen LogP contribution in [0.25, 0.3) is 11.1 Å². The zero-order valence-corrected chi connectivity index (χ0v) is 10.5. The normalized spacial score (nSPS) is 10.1. The van der Waals surface area contributed by atoms with Crippen LogP contribution in [0.3, 0.4) is 0 Å². The molecular weight excluding hydrogens is 266 g/mol. The first-order valence-electron chi connectivity index (χ1n) is 4.90. The molecule has 2 N–H and O–H groups in total. The van der Waals surface area contributed by atoms with Gasteiger partial charge in [-0.1, -0.05) is 28.1 Å². The highest BCUT2D eigenvalue weighted by atomic mass is 79.9. The molecule has 2 aromatic carbocycles. The molecule has 0 aliphatic rings. The highest BCUT2D eigenvalue weighted by molar-refractivity contribution is 9.10. The van der Waals surface area contributed by atoms with Crippen LogP contribution in [0, 0.1) is 0 Å². The van der Waals surface area contributed by atoms with E-state index in [1.807, 2.05) is 42.5 Å². The monoisotopic (exact) mass is 277 g/mol. The highest BCUT2D eigenvalue weighted by Crippen LogP contribution is 2.30. The van der Waals surface area contributed by atoms with Gasteiger partial charge in [0, 0.05) is 15.7 Å². The molecule has 0 saturated carbocycles. The van der Waals surface area contributed by atoms with Crippen molar-refractivity contribution < 1.29 is 4.74 Å². The van der Waals surface area contributed by atoms with Crippen LogP contribution in [0.4, 0.5) is 5.69 Å². The van der Waals surface area contributed by atoms with E-state index < -0.39 is 0 Å². The summed E-state index contributed by atoms with van der Waals surface area (Å²) in [6.07, 6.45) is 0. The van der Waals surface area contributed by atoms with Crippen LogP contribution in [-0.2, 0) is 0 Å². The van der Waals surface area contributed by atoms with Gasteiger partial charge in [-0.3, -0.25) is 0 Å². The summed E-state index contributed by atoms with van der Waals surface area (Å²) in [5.74, 6) is 0.812. The number of benzene rings is 2. The van der Waals surface area contributed by atoms with Gasteiger partial charge in [0.15, 0.2) is 0 Å². The third kappa shape index (κ3) is 2.19. The molecule has 3 heteroatoms. The molecule has 2 rings (SSSR count). The van der Waals surface area contributed by atoms with Crippen molar-refractivity contribution in [2.24, 2.45) is 0 Å². The fraction of sp³-hybridized carbons (Fsp3) is 0.0769. The Bertz CT molecular complexity index is 494. The lowest BCUT2D eigenvalue weighted by Crippen LogP contribution is -1.91. The number of nitrogen functional groups attached to an aromatic ring is 1. The molecule has 0 atom stereocenters. The molecule has 2 nitrogen and oxygen atoms in total. The third-order valence-corrected chi connectivity index (χ3v) is 2.94. The van der Waals surface area contributed by atoms with Crippen LogP contribution in [0.1, 0.15) is 0 Å². The maximum atomic E-state index is 5.95. The number of hydrogen-bond acceptors (Lipinski definition) is 2. The molecule has 0 fully saturated rings. The van der Waals surface area contributed by atoms with Crippen molar-refractivity contribution in [2.75, 3.05) is 12.8 Å². The average molecular weight is 278 g/mol. The molecule has 0 radical (unpaired) electrons. The number of methoxy groups -OCH3 is 1. The number of halogens is 1. The lowest BCUT2D eigenvalue weighted by atomic mass is 10.0. The van der Waals surface area contributed by atoms with Crippen molar-refractivity contribution >= 4 is 21.6 Å². The molecular formula is C13H12BrNO. The van der Waals surface area contributed by atoms with Gasteiger partial charge in [0.05, 0.1) is 7.11 Å². The predicted molar refractivity (Wildman–Crippen MR) is 70.5 cm³/mol. The SMILES string of the molecule is COc1ccc(N)c(-c2ccc(Br)cc2)c1. The summed E-state index contributed by atoms with van der Waals surface area (Å²) in [5.41, 5.74) is 8.78. The van der Waals surface area contributed by atoms with Gasteiger partial charge < -0.3 is 10.5 Å². The van der Waals surface area contributed by atoms with E-state index in [0.29, 0.717) is 0 Å². The fourth-order valence-electron chi connectivity index (χ4n) is 1.54. The topological polar surface area (TPSA) is 35.2 Å². The van der Waals surface area contributed by atoms with E-state index in [2.05, 4.69) is 15.9 Å². The van der Waals surface area contributed by atoms with E-state index >= 15 is 0 Å². The van der Waals surface area contributed by atoms with E-state index in [4.69, 9.17) is 10.5 Å². The number of rotatable bonds is 2. The Labute approximate surface area is 103 Å². The number of ether oxygens (including phenoxy) is 1. The van der Waals surface area contributed by atoms with Crippen LogP contribution in [0.2, 0.25) is 0 Å². The maximum Gasteiger partial charge on any atom is 0.119 e. The van der Waals surface area contributed by atoms with Gasteiger partial charge in [0.1, 0.15) is 5.75 Å². The average Bonchev–Trinajstić information content (AvgIpc) is 2.31. The smallest absolute Gasteiger partial charge is 0.119 e. The van der Waals surface area contributed by atoms with Crippen molar-refractivity contribution in [3.8, 4) is 16.9 Å². The second-order valence-electron chi connectivity index (χ2n) is 3.46. The predicted octanol–water partition coefficient (Wildman–Crippen LogP) is 3.71. The summed E-state index contributed by atoms with van der Waals surface area (Å²) in [5, 5.41) is 0. The second-order valence-corrected chi connectivity index (χ2v) is 4.38. The van der Waals surface area contributed by atoms with Gasteiger partial charge in [-0.2, -0.15) is 0 Å². The molecule has 0 amide bonds. The Kier molecular flexibility index (Phi) is 3.15. The van der Waals surface area contributed by atoms with E-state index in [1.165, 1.54) is 0 Å².